The summed E-state index contributed by atoms with van der Waals surface area (Å²) in [5, 5.41) is 2.66. The number of amides is 2. The monoisotopic (exact) mass is 508 g/mol. The van der Waals surface area contributed by atoms with Gasteiger partial charge in [0, 0.05) is 37.2 Å². The third-order valence-corrected chi connectivity index (χ3v) is 7.03. The Morgan fingerprint density at radius 1 is 1.19 bits per heavy atom. The molecule has 11 nitrogen and oxygen atoms in total. The minimum Gasteiger partial charge on any atom is -0.481 e. The number of rotatable bonds is 5. The number of anilines is 2. The van der Waals surface area contributed by atoms with E-state index in [2.05, 4.69) is 25.2 Å². The van der Waals surface area contributed by atoms with Gasteiger partial charge in [0.05, 0.1) is 24.3 Å². The van der Waals surface area contributed by atoms with Crippen LogP contribution in [0.4, 0.5) is 20.8 Å². The molecule has 3 aliphatic rings. The fourth-order valence-electron chi connectivity index (χ4n) is 5.07. The SMILES string of the molecule is COc1ccc2ncc(F)c(CCN3CCC4CN(c5ccc6c(n5)NC(=O)CO6)C(=O)OC4C3)c2n1. The maximum atomic E-state index is 14.7. The van der Waals surface area contributed by atoms with Gasteiger partial charge in [0.2, 0.25) is 5.88 Å². The molecule has 0 radical (unpaired) electrons. The molecular formula is C25H25FN6O5. The number of nitrogens with one attached hydrogen (secondary N) is 1. The van der Waals surface area contributed by atoms with Crippen molar-refractivity contribution in [3.05, 3.63) is 41.8 Å². The van der Waals surface area contributed by atoms with Crippen LogP contribution in [0, 0.1) is 11.7 Å². The third-order valence-electron chi connectivity index (χ3n) is 7.03. The van der Waals surface area contributed by atoms with Crippen molar-refractivity contribution in [1.82, 2.24) is 19.9 Å². The zero-order valence-electron chi connectivity index (χ0n) is 20.1. The van der Waals surface area contributed by atoms with Gasteiger partial charge in [-0.25, -0.2) is 19.2 Å². The average molecular weight is 509 g/mol. The van der Waals surface area contributed by atoms with Gasteiger partial charge in [-0.3, -0.25) is 19.6 Å². The van der Waals surface area contributed by atoms with Gasteiger partial charge in [-0.2, -0.15) is 0 Å². The zero-order valence-corrected chi connectivity index (χ0v) is 20.1. The standard InChI is InChI=1S/C25H25FN6O5/c1-35-22-5-2-17-23(30-22)15(16(26)10-27-17)7-9-31-8-6-14-11-32(25(34)37-19(14)12-31)20-4-3-18-24(28-20)29-21(33)13-36-18/h2-5,10,14,19H,6-9,11-13H2,1H3,(H,28,29,33). The van der Waals surface area contributed by atoms with Crippen LogP contribution in [0.15, 0.2) is 30.5 Å². The highest BCUT2D eigenvalue weighted by molar-refractivity contribution is 5.95. The normalized spacial score (nSPS) is 21.5. The van der Waals surface area contributed by atoms with Crippen molar-refractivity contribution in [3.8, 4) is 11.6 Å². The van der Waals surface area contributed by atoms with Gasteiger partial charge in [-0.05, 0) is 37.6 Å². The second kappa shape index (κ2) is 9.43. The van der Waals surface area contributed by atoms with E-state index in [4.69, 9.17) is 14.2 Å². The lowest BCUT2D eigenvalue weighted by Gasteiger charge is -2.43. The summed E-state index contributed by atoms with van der Waals surface area (Å²) >= 11 is 0. The molecule has 3 aromatic rings. The van der Waals surface area contributed by atoms with Crippen LogP contribution in [0.25, 0.3) is 11.0 Å². The Hall–Kier alpha value is -4.06. The summed E-state index contributed by atoms with van der Waals surface area (Å²) in [7, 11) is 1.52. The summed E-state index contributed by atoms with van der Waals surface area (Å²) in [4.78, 5) is 41.1. The molecule has 0 aliphatic carbocycles. The fraction of sp³-hybridized carbons (Fsp3) is 0.400. The van der Waals surface area contributed by atoms with Gasteiger partial charge >= 0.3 is 6.09 Å². The number of piperidine rings is 1. The van der Waals surface area contributed by atoms with Crippen molar-refractivity contribution in [2.45, 2.75) is 18.9 Å². The Morgan fingerprint density at radius 3 is 2.95 bits per heavy atom. The first kappa shape index (κ1) is 23.3. The molecule has 37 heavy (non-hydrogen) atoms. The second-order valence-electron chi connectivity index (χ2n) is 9.29. The van der Waals surface area contributed by atoms with Crippen molar-refractivity contribution in [3.63, 3.8) is 0 Å². The molecule has 0 spiro atoms. The Morgan fingerprint density at radius 2 is 2.08 bits per heavy atom. The van der Waals surface area contributed by atoms with Crippen molar-refractivity contribution in [2.24, 2.45) is 5.92 Å². The van der Waals surface area contributed by atoms with Gasteiger partial charge in [-0.15, -0.1) is 0 Å². The molecular weight excluding hydrogens is 483 g/mol. The van der Waals surface area contributed by atoms with Crippen LogP contribution in [0.3, 0.4) is 0 Å². The van der Waals surface area contributed by atoms with Crippen LogP contribution in [0.1, 0.15) is 12.0 Å². The number of hydrogen-bond acceptors (Lipinski definition) is 9. The minimum absolute atomic E-state index is 0.0607. The summed E-state index contributed by atoms with van der Waals surface area (Å²) in [6, 6.07) is 6.84. The number of nitrogens with zero attached hydrogens (tertiary/aromatic N) is 5. The number of carbonyl (C=O) groups is 2. The lowest BCUT2D eigenvalue weighted by Crippen LogP contribution is -2.56. The number of pyridine rings is 3. The zero-order chi connectivity index (χ0) is 25.5. The van der Waals surface area contributed by atoms with Gasteiger partial charge in [0.15, 0.2) is 18.2 Å². The second-order valence-corrected chi connectivity index (χ2v) is 9.29. The Kier molecular flexibility index (Phi) is 5.95. The third kappa shape index (κ3) is 4.48. The number of methoxy groups -OCH3 is 1. The largest absolute Gasteiger partial charge is 0.481 e. The highest BCUT2D eigenvalue weighted by Crippen LogP contribution is 2.33. The molecule has 1 N–H and O–H groups in total. The fourth-order valence-corrected chi connectivity index (χ4v) is 5.07. The van der Waals surface area contributed by atoms with E-state index in [1.807, 2.05) is 0 Å². The van der Waals surface area contributed by atoms with Crippen molar-refractivity contribution < 1.29 is 28.2 Å². The Balaban J connectivity index is 1.12. The van der Waals surface area contributed by atoms with E-state index < -0.39 is 11.9 Å². The van der Waals surface area contributed by atoms with E-state index in [0.29, 0.717) is 65.9 Å². The van der Waals surface area contributed by atoms with E-state index in [1.54, 1.807) is 24.3 Å². The van der Waals surface area contributed by atoms with Gasteiger partial charge in [0.25, 0.3) is 5.91 Å². The molecule has 192 valence electrons. The highest BCUT2D eigenvalue weighted by atomic mass is 19.1. The molecule has 0 bridgehead atoms. The quantitative estimate of drug-likeness (QED) is 0.554. The van der Waals surface area contributed by atoms with E-state index in [-0.39, 0.29) is 24.5 Å². The molecule has 2 unspecified atom stereocenters. The maximum absolute atomic E-state index is 14.7. The predicted octanol–water partition coefficient (Wildman–Crippen LogP) is 2.39. The number of hydrogen-bond donors (Lipinski definition) is 1. The van der Waals surface area contributed by atoms with Gasteiger partial charge < -0.3 is 19.5 Å². The van der Waals surface area contributed by atoms with E-state index in [9.17, 15) is 14.0 Å². The molecule has 0 saturated carbocycles. The van der Waals surface area contributed by atoms with Gasteiger partial charge in [-0.1, -0.05) is 0 Å². The number of aromatic nitrogens is 3. The van der Waals surface area contributed by atoms with Crippen LogP contribution < -0.4 is 19.7 Å². The summed E-state index contributed by atoms with van der Waals surface area (Å²) in [5.74, 6) is 1.00. The first-order valence-electron chi connectivity index (χ1n) is 12.1. The van der Waals surface area contributed by atoms with Crippen LogP contribution in [-0.4, -0.2) is 77.9 Å². The molecule has 0 aromatic carbocycles. The number of fused-ring (bicyclic) bond motifs is 3. The Bertz CT molecular complexity index is 1390. The smallest absolute Gasteiger partial charge is 0.415 e. The topological polar surface area (TPSA) is 119 Å². The summed E-state index contributed by atoms with van der Waals surface area (Å²) < 4.78 is 31.0. The molecule has 2 amide bonds. The first-order chi connectivity index (χ1) is 18.0. The lowest BCUT2D eigenvalue weighted by molar-refractivity contribution is -0.118. The van der Waals surface area contributed by atoms with Crippen LogP contribution in [-0.2, 0) is 16.0 Å². The number of likely N-dealkylation sites (tertiary alicyclic amines) is 1. The first-order valence-corrected chi connectivity index (χ1v) is 12.1. The average Bonchev–Trinajstić information content (AvgIpc) is 2.91. The van der Waals surface area contributed by atoms with E-state index in [1.165, 1.54) is 18.2 Å². The molecule has 3 aromatic heterocycles. The molecule has 6 rings (SSSR count). The van der Waals surface area contributed by atoms with Crippen molar-refractivity contribution >= 4 is 34.7 Å². The summed E-state index contributed by atoms with van der Waals surface area (Å²) in [6.45, 7) is 2.34. The van der Waals surface area contributed by atoms with E-state index in [0.717, 1.165) is 13.0 Å². The van der Waals surface area contributed by atoms with Crippen LogP contribution >= 0.6 is 0 Å². The minimum atomic E-state index is -0.485. The molecule has 2 saturated heterocycles. The lowest BCUT2D eigenvalue weighted by atomic mass is 9.91. The number of halogens is 1. The van der Waals surface area contributed by atoms with Crippen LogP contribution in [0.5, 0.6) is 11.6 Å². The Labute approximate surface area is 211 Å². The van der Waals surface area contributed by atoms with Crippen molar-refractivity contribution in [2.75, 3.05) is 50.1 Å². The highest BCUT2D eigenvalue weighted by Gasteiger charge is 2.40. The summed E-state index contributed by atoms with van der Waals surface area (Å²) in [6.07, 6.45) is 1.72. The predicted molar refractivity (Wildman–Crippen MR) is 130 cm³/mol. The van der Waals surface area contributed by atoms with Crippen molar-refractivity contribution in [1.29, 1.82) is 0 Å². The number of ether oxygens (including phenoxy) is 3. The summed E-state index contributed by atoms with van der Waals surface area (Å²) in [5.41, 5.74) is 1.60. The maximum Gasteiger partial charge on any atom is 0.415 e. The molecule has 2 fully saturated rings. The molecule has 12 heteroatoms. The van der Waals surface area contributed by atoms with Gasteiger partial charge in [0.1, 0.15) is 17.7 Å². The molecule has 3 aliphatic heterocycles. The molecule has 2 atom stereocenters. The van der Waals surface area contributed by atoms with Crippen LogP contribution in [0.2, 0.25) is 0 Å². The molecule has 6 heterocycles. The number of carbonyl (C=O) groups excluding carboxylic acids is 2. The van der Waals surface area contributed by atoms with E-state index >= 15 is 0 Å².